The van der Waals surface area contributed by atoms with Gasteiger partial charge < -0.3 is 5.73 Å². The van der Waals surface area contributed by atoms with Gasteiger partial charge >= 0.3 is 0 Å². The van der Waals surface area contributed by atoms with Crippen LogP contribution in [0.3, 0.4) is 0 Å². The second kappa shape index (κ2) is 4.85. The SMILES string of the molecule is NC(c1ccc(Br)s1)c1cc(Cl)c(Br)s1. The molecule has 0 fully saturated rings. The van der Waals surface area contributed by atoms with Gasteiger partial charge in [0.1, 0.15) is 0 Å². The molecule has 0 aliphatic rings. The maximum Gasteiger partial charge on any atom is 0.0888 e. The van der Waals surface area contributed by atoms with E-state index in [1.54, 1.807) is 22.7 Å². The highest BCUT2D eigenvalue weighted by Crippen LogP contribution is 2.38. The van der Waals surface area contributed by atoms with E-state index in [1.165, 1.54) is 0 Å². The summed E-state index contributed by atoms with van der Waals surface area (Å²) in [5, 5.41) is 0.723. The molecule has 6 heteroatoms. The van der Waals surface area contributed by atoms with Crippen LogP contribution >= 0.6 is 66.1 Å². The molecule has 0 aromatic carbocycles. The number of thiophene rings is 2. The van der Waals surface area contributed by atoms with E-state index in [9.17, 15) is 0 Å². The van der Waals surface area contributed by atoms with Crippen LogP contribution in [0, 0.1) is 0 Å². The first-order valence-electron chi connectivity index (χ1n) is 4.03. The monoisotopic (exact) mass is 385 g/mol. The van der Waals surface area contributed by atoms with E-state index in [1.807, 2.05) is 18.2 Å². The smallest absolute Gasteiger partial charge is 0.0888 e. The minimum absolute atomic E-state index is 0.0879. The highest BCUT2D eigenvalue weighted by molar-refractivity contribution is 9.11. The zero-order valence-corrected chi connectivity index (χ0v) is 12.9. The van der Waals surface area contributed by atoms with Crippen molar-refractivity contribution in [2.75, 3.05) is 0 Å². The predicted octanol–water partition coefficient (Wildman–Crippen LogP) is 5.04. The summed E-state index contributed by atoms with van der Waals surface area (Å²) in [5.41, 5.74) is 6.13. The minimum atomic E-state index is -0.0879. The van der Waals surface area contributed by atoms with Gasteiger partial charge in [0.05, 0.1) is 18.6 Å². The van der Waals surface area contributed by atoms with Crippen molar-refractivity contribution in [2.24, 2.45) is 5.73 Å². The van der Waals surface area contributed by atoms with Gasteiger partial charge in [0.25, 0.3) is 0 Å². The van der Waals surface area contributed by atoms with Crippen LogP contribution in [-0.2, 0) is 0 Å². The van der Waals surface area contributed by atoms with Crippen LogP contribution in [-0.4, -0.2) is 0 Å². The van der Waals surface area contributed by atoms with E-state index in [2.05, 4.69) is 31.9 Å². The number of hydrogen-bond acceptors (Lipinski definition) is 3. The lowest BCUT2D eigenvalue weighted by Crippen LogP contribution is -2.07. The van der Waals surface area contributed by atoms with E-state index in [0.717, 1.165) is 22.3 Å². The summed E-state index contributed by atoms with van der Waals surface area (Å²) >= 11 is 16.0. The van der Waals surface area contributed by atoms with Gasteiger partial charge in [-0.2, -0.15) is 0 Å². The Morgan fingerprint density at radius 3 is 2.40 bits per heavy atom. The molecule has 0 saturated heterocycles. The zero-order chi connectivity index (χ0) is 11.0. The summed E-state index contributed by atoms with van der Waals surface area (Å²) in [6.07, 6.45) is 0. The van der Waals surface area contributed by atoms with Crippen molar-refractivity contribution in [3.8, 4) is 0 Å². The Hall–Kier alpha value is 0.610. The predicted molar refractivity (Wildman–Crippen MR) is 75.1 cm³/mol. The number of halogens is 3. The van der Waals surface area contributed by atoms with Gasteiger partial charge in [-0.3, -0.25) is 0 Å². The van der Waals surface area contributed by atoms with Crippen molar-refractivity contribution in [3.05, 3.63) is 40.5 Å². The van der Waals surface area contributed by atoms with E-state index in [4.69, 9.17) is 17.3 Å². The van der Waals surface area contributed by atoms with Crippen LogP contribution in [0.2, 0.25) is 5.02 Å². The molecule has 1 atom stereocenters. The standard InChI is InChI=1S/C9H6Br2ClNS2/c10-7-2-1-5(14-7)8(13)6-3-4(12)9(11)15-6/h1-3,8H,13H2. The fourth-order valence-corrected chi connectivity index (χ4v) is 4.44. The van der Waals surface area contributed by atoms with Crippen LogP contribution in [0.25, 0.3) is 0 Å². The fraction of sp³-hybridized carbons (Fsp3) is 0.111. The van der Waals surface area contributed by atoms with Crippen molar-refractivity contribution in [1.82, 2.24) is 0 Å². The summed E-state index contributed by atoms with van der Waals surface area (Å²) < 4.78 is 2.03. The molecule has 0 aliphatic heterocycles. The van der Waals surface area contributed by atoms with Gasteiger partial charge in [0.15, 0.2) is 0 Å². The molecule has 2 heterocycles. The fourth-order valence-electron chi connectivity index (χ4n) is 1.15. The maximum absolute atomic E-state index is 6.13. The van der Waals surface area contributed by atoms with E-state index < -0.39 is 0 Å². The molecular formula is C9H6Br2ClNS2. The molecular weight excluding hydrogens is 382 g/mol. The second-order valence-corrected chi connectivity index (χ2v) is 8.19. The molecule has 0 aliphatic carbocycles. The molecule has 15 heavy (non-hydrogen) atoms. The molecule has 0 bridgehead atoms. The van der Waals surface area contributed by atoms with Crippen LogP contribution in [0.15, 0.2) is 25.8 Å². The third-order valence-electron chi connectivity index (χ3n) is 1.87. The van der Waals surface area contributed by atoms with E-state index in [0.29, 0.717) is 0 Å². The number of rotatable bonds is 2. The number of hydrogen-bond donors (Lipinski definition) is 1. The van der Waals surface area contributed by atoms with Gasteiger partial charge in [0.2, 0.25) is 0 Å². The summed E-state index contributed by atoms with van der Waals surface area (Å²) in [5.74, 6) is 0. The Labute approximate surface area is 118 Å². The third-order valence-corrected chi connectivity index (χ3v) is 6.14. The Balaban J connectivity index is 2.31. The summed E-state index contributed by atoms with van der Waals surface area (Å²) in [6.45, 7) is 0. The summed E-state index contributed by atoms with van der Waals surface area (Å²) in [4.78, 5) is 2.20. The molecule has 0 amide bonds. The maximum atomic E-state index is 6.13. The van der Waals surface area contributed by atoms with Gasteiger partial charge in [-0.05, 0) is 50.1 Å². The van der Waals surface area contributed by atoms with E-state index in [-0.39, 0.29) is 6.04 Å². The Kier molecular flexibility index (Phi) is 3.91. The third kappa shape index (κ3) is 2.65. The topological polar surface area (TPSA) is 26.0 Å². The van der Waals surface area contributed by atoms with Crippen molar-refractivity contribution < 1.29 is 0 Å². The van der Waals surface area contributed by atoms with Crippen molar-refractivity contribution in [3.63, 3.8) is 0 Å². The van der Waals surface area contributed by atoms with Crippen molar-refractivity contribution in [1.29, 1.82) is 0 Å². The van der Waals surface area contributed by atoms with Crippen molar-refractivity contribution >= 4 is 66.1 Å². The summed E-state index contributed by atoms with van der Waals surface area (Å²) in [6, 6.07) is 5.86. The van der Waals surface area contributed by atoms with Crippen LogP contribution in [0.5, 0.6) is 0 Å². The molecule has 2 aromatic rings. The first kappa shape index (κ1) is 12.1. The normalized spacial score (nSPS) is 13.1. The molecule has 0 spiro atoms. The van der Waals surface area contributed by atoms with E-state index >= 15 is 0 Å². The molecule has 0 radical (unpaired) electrons. The molecule has 1 unspecified atom stereocenters. The van der Waals surface area contributed by atoms with Gasteiger partial charge in [-0.15, -0.1) is 22.7 Å². The van der Waals surface area contributed by atoms with Gasteiger partial charge in [-0.1, -0.05) is 11.6 Å². The van der Waals surface area contributed by atoms with Crippen LogP contribution in [0.4, 0.5) is 0 Å². The Morgan fingerprint density at radius 2 is 1.93 bits per heavy atom. The lowest BCUT2D eigenvalue weighted by atomic mass is 10.2. The quantitative estimate of drug-likeness (QED) is 0.768. The molecule has 2 aromatic heterocycles. The average molecular weight is 388 g/mol. The Bertz CT molecular complexity index is 461. The largest absolute Gasteiger partial charge is 0.319 e. The Morgan fingerprint density at radius 1 is 1.20 bits per heavy atom. The average Bonchev–Trinajstić information content (AvgIpc) is 2.74. The molecule has 2 N–H and O–H groups in total. The molecule has 1 nitrogen and oxygen atoms in total. The highest BCUT2D eigenvalue weighted by Gasteiger charge is 2.15. The van der Waals surface area contributed by atoms with Crippen LogP contribution in [0.1, 0.15) is 15.8 Å². The van der Waals surface area contributed by atoms with Gasteiger partial charge in [0, 0.05) is 9.75 Å². The molecule has 80 valence electrons. The first-order valence-corrected chi connectivity index (χ1v) is 7.63. The minimum Gasteiger partial charge on any atom is -0.319 e. The summed E-state index contributed by atoms with van der Waals surface area (Å²) in [7, 11) is 0. The lowest BCUT2D eigenvalue weighted by molar-refractivity contribution is 0.917. The number of nitrogens with two attached hydrogens (primary N) is 1. The first-order chi connectivity index (χ1) is 7.08. The second-order valence-electron chi connectivity index (χ2n) is 2.89. The van der Waals surface area contributed by atoms with Crippen molar-refractivity contribution in [2.45, 2.75) is 6.04 Å². The molecule has 2 rings (SSSR count). The van der Waals surface area contributed by atoms with Gasteiger partial charge in [-0.25, -0.2) is 0 Å². The molecule has 0 saturated carbocycles. The highest BCUT2D eigenvalue weighted by atomic mass is 79.9. The zero-order valence-electron chi connectivity index (χ0n) is 7.34. The lowest BCUT2D eigenvalue weighted by Gasteiger charge is -2.05. The van der Waals surface area contributed by atoms with Crippen LogP contribution < -0.4 is 5.73 Å².